The van der Waals surface area contributed by atoms with E-state index in [0.717, 1.165) is 34.6 Å². The molecule has 0 aliphatic carbocycles. The van der Waals surface area contributed by atoms with Crippen LogP contribution in [0.1, 0.15) is 30.0 Å². The molecule has 1 atom stereocenters. The summed E-state index contributed by atoms with van der Waals surface area (Å²) in [7, 11) is 0. The number of halogens is 1. The summed E-state index contributed by atoms with van der Waals surface area (Å²) in [5.41, 5.74) is 2.16. The van der Waals surface area contributed by atoms with Crippen LogP contribution in [0.3, 0.4) is 0 Å². The number of likely N-dealkylation sites (tertiary alicyclic amines) is 1. The minimum Gasteiger partial charge on any atom is -0.354 e. The topological polar surface area (TPSA) is 32.3 Å². The highest BCUT2D eigenvalue weighted by Gasteiger charge is 2.25. The molecule has 4 heteroatoms. The van der Waals surface area contributed by atoms with Gasteiger partial charge in [0.25, 0.3) is 0 Å². The summed E-state index contributed by atoms with van der Waals surface area (Å²) in [4.78, 5) is 15.2. The van der Waals surface area contributed by atoms with Crippen LogP contribution in [0.4, 0.5) is 0 Å². The molecule has 0 radical (unpaired) electrons. The third kappa shape index (κ3) is 4.21. The second-order valence-electron chi connectivity index (χ2n) is 7.40. The van der Waals surface area contributed by atoms with E-state index < -0.39 is 0 Å². The number of carbonyl (C=O) groups excluding carboxylic acids is 1. The van der Waals surface area contributed by atoms with Crippen molar-refractivity contribution in [3.63, 3.8) is 0 Å². The minimum atomic E-state index is 0.0487. The maximum absolute atomic E-state index is 12.7. The van der Waals surface area contributed by atoms with Gasteiger partial charge in [0.1, 0.15) is 0 Å². The van der Waals surface area contributed by atoms with E-state index in [0.29, 0.717) is 13.0 Å². The number of fused-ring (bicyclic) bond motifs is 1. The Hall–Kier alpha value is -2.36. The van der Waals surface area contributed by atoms with Gasteiger partial charge in [-0.25, -0.2) is 0 Å². The molecule has 1 unspecified atom stereocenters. The Kier molecular flexibility index (Phi) is 5.94. The number of rotatable bonds is 6. The van der Waals surface area contributed by atoms with Crippen LogP contribution in [-0.4, -0.2) is 30.4 Å². The van der Waals surface area contributed by atoms with Crippen LogP contribution in [0, 0.1) is 0 Å². The molecule has 144 valence electrons. The van der Waals surface area contributed by atoms with Gasteiger partial charge in [0.2, 0.25) is 5.91 Å². The second kappa shape index (κ2) is 8.76. The van der Waals surface area contributed by atoms with Crippen molar-refractivity contribution in [2.24, 2.45) is 0 Å². The van der Waals surface area contributed by atoms with Gasteiger partial charge in [0.15, 0.2) is 0 Å². The Balaban J connectivity index is 1.47. The summed E-state index contributed by atoms with van der Waals surface area (Å²) in [6.07, 6.45) is 2.78. The first-order chi connectivity index (χ1) is 13.7. The fraction of sp³-hybridized carbons (Fsp3) is 0.292. The monoisotopic (exact) mass is 392 g/mol. The molecule has 0 aromatic heterocycles. The Morgan fingerprint density at radius 2 is 1.68 bits per heavy atom. The summed E-state index contributed by atoms with van der Waals surface area (Å²) < 4.78 is 0. The third-order valence-electron chi connectivity index (χ3n) is 5.57. The van der Waals surface area contributed by atoms with Gasteiger partial charge in [0, 0.05) is 11.6 Å². The van der Waals surface area contributed by atoms with Gasteiger partial charge in [-0.3, -0.25) is 9.69 Å². The van der Waals surface area contributed by atoms with Gasteiger partial charge in [-0.1, -0.05) is 72.3 Å². The van der Waals surface area contributed by atoms with Crippen molar-refractivity contribution in [3.05, 3.63) is 82.9 Å². The summed E-state index contributed by atoms with van der Waals surface area (Å²) in [6.45, 7) is 2.68. The van der Waals surface area contributed by atoms with E-state index in [4.69, 9.17) is 11.6 Å². The lowest BCUT2D eigenvalue weighted by Crippen LogP contribution is -2.37. The van der Waals surface area contributed by atoms with Gasteiger partial charge in [-0.05, 0) is 53.9 Å². The van der Waals surface area contributed by atoms with Crippen molar-refractivity contribution in [2.45, 2.75) is 25.3 Å². The van der Waals surface area contributed by atoms with Gasteiger partial charge < -0.3 is 5.32 Å². The van der Waals surface area contributed by atoms with Gasteiger partial charge in [0.05, 0.1) is 12.5 Å². The molecule has 1 aliphatic heterocycles. The Labute approximate surface area is 171 Å². The summed E-state index contributed by atoms with van der Waals surface area (Å²) in [5.74, 6) is 0.0487. The number of amides is 1. The molecule has 1 heterocycles. The summed E-state index contributed by atoms with van der Waals surface area (Å²) >= 11 is 6.47. The first-order valence-electron chi connectivity index (χ1n) is 9.94. The zero-order valence-corrected chi connectivity index (χ0v) is 16.7. The molecule has 28 heavy (non-hydrogen) atoms. The maximum atomic E-state index is 12.7. The molecular weight excluding hydrogens is 368 g/mol. The molecule has 1 amide bonds. The lowest BCUT2D eigenvalue weighted by atomic mass is 10.0. The zero-order chi connectivity index (χ0) is 19.3. The molecule has 0 saturated carbocycles. The molecule has 1 saturated heterocycles. The van der Waals surface area contributed by atoms with Crippen LogP contribution in [0.2, 0.25) is 5.02 Å². The lowest BCUT2D eigenvalue weighted by Gasteiger charge is -2.29. The SMILES string of the molecule is O=C(Cc1cccc2ccccc12)NCC(c1ccccc1Cl)N1CCCC1. The van der Waals surface area contributed by atoms with E-state index >= 15 is 0 Å². The highest BCUT2D eigenvalue weighted by atomic mass is 35.5. The maximum Gasteiger partial charge on any atom is 0.224 e. The van der Waals surface area contributed by atoms with E-state index in [2.05, 4.69) is 34.5 Å². The number of hydrogen-bond donors (Lipinski definition) is 1. The van der Waals surface area contributed by atoms with E-state index in [1.165, 1.54) is 18.2 Å². The van der Waals surface area contributed by atoms with Crippen LogP contribution in [0.25, 0.3) is 10.8 Å². The fourth-order valence-corrected chi connectivity index (χ4v) is 4.39. The number of carbonyl (C=O) groups is 1. The Bertz CT molecular complexity index is 960. The molecular formula is C24H25ClN2O. The number of hydrogen-bond acceptors (Lipinski definition) is 2. The van der Waals surface area contributed by atoms with Gasteiger partial charge >= 0.3 is 0 Å². The predicted octanol–water partition coefficient (Wildman–Crippen LogP) is 4.99. The average molecular weight is 393 g/mol. The van der Waals surface area contributed by atoms with Crippen LogP contribution < -0.4 is 5.32 Å². The van der Waals surface area contributed by atoms with Crippen molar-refractivity contribution in [2.75, 3.05) is 19.6 Å². The van der Waals surface area contributed by atoms with Crippen molar-refractivity contribution in [1.29, 1.82) is 0 Å². The molecule has 1 aliphatic rings. The quantitative estimate of drug-likeness (QED) is 0.641. The zero-order valence-electron chi connectivity index (χ0n) is 15.9. The first-order valence-corrected chi connectivity index (χ1v) is 10.3. The molecule has 1 N–H and O–H groups in total. The summed E-state index contributed by atoms with van der Waals surface area (Å²) in [6, 6.07) is 22.4. The number of nitrogens with one attached hydrogen (secondary N) is 1. The standard InChI is InChI=1S/C24H25ClN2O/c25-22-13-4-3-12-21(22)23(27-14-5-6-15-27)17-26-24(28)16-19-10-7-9-18-8-1-2-11-20(18)19/h1-4,7-13,23H,5-6,14-17H2,(H,26,28). The molecule has 3 nitrogen and oxygen atoms in total. The highest BCUT2D eigenvalue weighted by Crippen LogP contribution is 2.29. The van der Waals surface area contributed by atoms with E-state index in [9.17, 15) is 4.79 Å². The van der Waals surface area contributed by atoms with Crippen molar-refractivity contribution in [3.8, 4) is 0 Å². The van der Waals surface area contributed by atoms with Crippen LogP contribution >= 0.6 is 11.6 Å². The van der Waals surface area contributed by atoms with Gasteiger partial charge in [-0.2, -0.15) is 0 Å². The predicted molar refractivity (Wildman–Crippen MR) is 116 cm³/mol. The fourth-order valence-electron chi connectivity index (χ4n) is 4.13. The lowest BCUT2D eigenvalue weighted by molar-refractivity contribution is -0.120. The average Bonchev–Trinajstić information content (AvgIpc) is 3.24. The van der Waals surface area contributed by atoms with Gasteiger partial charge in [-0.15, -0.1) is 0 Å². The van der Waals surface area contributed by atoms with E-state index in [1.807, 2.05) is 42.5 Å². The smallest absolute Gasteiger partial charge is 0.224 e. The van der Waals surface area contributed by atoms with Crippen LogP contribution in [0.5, 0.6) is 0 Å². The molecule has 4 rings (SSSR count). The Morgan fingerprint density at radius 3 is 2.50 bits per heavy atom. The number of nitrogens with zero attached hydrogens (tertiary/aromatic N) is 1. The molecule has 0 bridgehead atoms. The first kappa shape index (κ1) is 19.0. The Morgan fingerprint density at radius 1 is 0.964 bits per heavy atom. The van der Waals surface area contributed by atoms with Crippen molar-refractivity contribution >= 4 is 28.3 Å². The number of benzene rings is 3. The second-order valence-corrected chi connectivity index (χ2v) is 7.81. The third-order valence-corrected chi connectivity index (χ3v) is 5.91. The van der Waals surface area contributed by atoms with Crippen molar-refractivity contribution in [1.82, 2.24) is 10.2 Å². The largest absolute Gasteiger partial charge is 0.354 e. The molecule has 3 aromatic rings. The normalized spacial score (nSPS) is 15.6. The van der Waals surface area contributed by atoms with E-state index in [1.54, 1.807) is 0 Å². The molecule has 0 spiro atoms. The van der Waals surface area contributed by atoms with Crippen LogP contribution in [-0.2, 0) is 11.2 Å². The highest BCUT2D eigenvalue weighted by molar-refractivity contribution is 6.31. The minimum absolute atomic E-state index is 0.0487. The molecule has 3 aromatic carbocycles. The molecule has 1 fully saturated rings. The van der Waals surface area contributed by atoms with E-state index in [-0.39, 0.29) is 11.9 Å². The van der Waals surface area contributed by atoms with Crippen LogP contribution in [0.15, 0.2) is 66.7 Å². The van der Waals surface area contributed by atoms with Crippen molar-refractivity contribution < 1.29 is 4.79 Å². The summed E-state index contributed by atoms with van der Waals surface area (Å²) in [5, 5.41) is 6.23.